The maximum Gasteiger partial charge on any atom is 0.0178 e. The molecule has 0 heterocycles. The maximum atomic E-state index is 3.92. The van der Waals surface area contributed by atoms with Crippen molar-refractivity contribution < 1.29 is 0 Å². The van der Waals surface area contributed by atoms with Gasteiger partial charge in [-0.05, 0) is 67.2 Å². The minimum atomic E-state index is 0.551. The first-order valence-corrected chi connectivity index (χ1v) is 8.34. The van der Waals surface area contributed by atoms with E-state index < -0.39 is 0 Å². The lowest BCUT2D eigenvalue weighted by Crippen LogP contribution is -2.40. The molecule has 0 aliphatic heterocycles. The SMILES string of the molecule is CC1(C)CCC(NC2CCc3cc(Br)ccc3C2)C1. The number of rotatable bonds is 2. The molecule has 2 heteroatoms. The van der Waals surface area contributed by atoms with Crippen LogP contribution in [0.5, 0.6) is 0 Å². The Morgan fingerprint density at radius 2 is 2.00 bits per heavy atom. The molecule has 1 nitrogen and oxygen atoms in total. The molecule has 0 amide bonds. The Morgan fingerprint density at radius 3 is 2.74 bits per heavy atom. The van der Waals surface area contributed by atoms with E-state index >= 15 is 0 Å². The molecule has 19 heavy (non-hydrogen) atoms. The first-order valence-electron chi connectivity index (χ1n) is 7.55. The summed E-state index contributed by atoms with van der Waals surface area (Å²) in [7, 11) is 0. The van der Waals surface area contributed by atoms with E-state index in [-0.39, 0.29) is 0 Å². The van der Waals surface area contributed by atoms with Crippen LogP contribution < -0.4 is 5.32 Å². The zero-order valence-electron chi connectivity index (χ0n) is 12.0. The average Bonchev–Trinajstić information content (AvgIpc) is 2.69. The fourth-order valence-electron chi connectivity index (χ4n) is 3.78. The van der Waals surface area contributed by atoms with Gasteiger partial charge >= 0.3 is 0 Å². The average molecular weight is 322 g/mol. The topological polar surface area (TPSA) is 12.0 Å². The van der Waals surface area contributed by atoms with Crippen LogP contribution in [0.15, 0.2) is 22.7 Å². The minimum absolute atomic E-state index is 0.551. The van der Waals surface area contributed by atoms with Crippen molar-refractivity contribution >= 4 is 15.9 Å². The second kappa shape index (κ2) is 5.21. The quantitative estimate of drug-likeness (QED) is 0.847. The number of fused-ring (bicyclic) bond motifs is 1. The predicted molar refractivity (Wildman–Crippen MR) is 84.5 cm³/mol. The van der Waals surface area contributed by atoms with Crippen LogP contribution >= 0.6 is 15.9 Å². The van der Waals surface area contributed by atoms with E-state index in [9.17, 15) is 0 Å². The Balaban J connectivity index is 1.62. The molecule has 1 fully saturated rings. The Hall–Kier alpha value is -0.340. The van der Waals surface area contributed by atoms with Gasteiger partial charge in [0.25, 0.3) is 0 Å². The summed E-state index contributed by atoms with van der Waals surface area (Å²) in [6.45, 7) is 4.81. The number of aryl methyl sites for hydroxylation is 1. The molecule has 1 aromatic carbocycles. The highest BCUT2D eigenvalue weighted by molar-refractivity contribution is 9.10. The van der Waals surface area contributed by atoms with Crippen molar-refractivity contribution in [2.75, 3.05) is 0 Å². The molecule has 0 spiro atoms. The lowest BCUT2D eigenvalue weighted by molar-refractivity contribution is 0.342. The molecule has 2 aliphatic carbocycles. The van der Waals surface area contributed by atoms with E-state index in [0.29, 0.717) is 11.5 Å². The summed E-state index contributed by atoms with van der Waals surface area (Å²) < 4.78 is 1.22. The Kier molecular flexibility index (Phi) is 3.74. The summed E-state index contributed by atoms with van der Waals surface area (Å²) >= 11 is 3.57. The van der Waals surface area contributed by atoms with Crippen molar-refractivity contribution in [2.45, 2.75) is 64.5 Å². The summed E-state index contributed by atoms with van der Waals surface area (Å²) in [5.41, 5.74) is 3.64. The Morgan fingerprint density at radius 1 is 1.16 bits per heavy atom. The van der Waals surface area contributed by atoms with Gasteiger partial charge in [-0.3, -0.25) is 0 Å². The molecule has 0 bridgehead atoms. The summed E-state index contributed by atoms with van der Waals surface area (Å²) in [4.78, 5) is 0. The number of hydrogen-bond acceptors (Lipinski definition) is 1. The van der Waals surface area contributed by atoms with Crippen LogP contribution in [0.2, 0.25) is 0 Å². The maximum absolute atomic E-state index is 3.92. The van der Waals surface area contributed by atoms with Gasteiger partial charge in [-0.1, -0.05) is 35.8 Å². The Bertz CT molecular complexity index is 466. The van der Waals surface area contributed by atoms with Gasteiger partial charge in [-0.15, -0.1) is 0 Å². The number of benzene rings is 1. The van der Waals surface area contributed by atoms with Gasteiger partial charge in [0.05, 0.1) is 0 Å². The summed E-state index contributed by atoms with van der Waals surface area (Å²) in [5.74, 6) is 0. The molecule has 2 aliphatic rings. The fourth-order valence-corrected chi connectivity index (χ4v) is 4.19. The third-order valence-corrected chi connectivity index (χ3v) is 5.33. The number of nitrogens with one attached hydrogen (secondary N) is 1. The van der Waals surface area contributed by atoms with Crippen LogP contribution in [0.4, 0.5) is 0 Å². The zero-order chi connectivity index (χ0) is 13.5. The second-order valence-electron chi connectivity index (χ2n) is 7.12. The molecule has 0 aromatic heterocycles. The van der Waals surface area contributed by atoms with Gasteiger partial charge in [-0.2, -0.15) is 0 Å². The van der Waals surface area contributed by atoms with Gasteiger partial charge < -0.3 is 5.32 Å². The summed E-state index contributed by atoms with van der Waals surface area (Å²) in [6, 6.07) is 8.21. The van der Waals surface area contributed by atoms with Gasteiger partial charge in [0.1, 0.15) is 0 Å². The van der Waals surface area contributed by atoms with E-state index in [1.54, 1.807) is 11.1 Å². The largest absolute Gasteiger partial charge is 0.311 e. The van der Waals surface area contributed by atoms with Crippen molar-refractivity contribution in [3.63, 3.8) is 0 Å². The van der Waals surface area contributed by atoms with Gasteiger partial charge in [0, 0.05) is 16.6 Å². The monoisotopic (exact) mass is 321 g/mol. The van der Waals surface area contributed by atoms with E-state index in [2.05, 4.69) is 53.3 Å². The van der Waals surface area contributed by atoms with Crippen LogP contribution in [0, 0.1) is 5.41 Å². The van der Waals surface area contributed by atoms with E-state index in [0.717, 1.165) is 6.04 Å². The third-order valence-electron chi connectivity index (χ3n) is 4.84. The number of hydrogen-bond donors (Lipinski definition) is 1. The van der Waals surface area contributed by atoms with Gasteiger partial charge in [-0.25, -0.2) is 0 Å². The van der Waals surface area contributed by atoms with Crippen LogP contribution in [0.3, 0.4) is 0 Å². The molecule has 0 radical (unpaired) electrons. The first kappa shape index (κ1) is 13.6. The highest BCUT2D eigenvalue weighted by Gasteiger charge is 2.32. The second-order valence-corrected chi connectivity index (χ2v) is 8.04. The predicted octanol–water partition coefficient (Wildman–Crippen LogP) is 4.47. The molecule has 2 unspecified atom stereocenters. The fraction of sp³-hybridized carbons (Fsp3) is 0.647. The summed E-state index contributed by atoms with van der Waals surface area (Å²) in [6.07, 6.45) is 7.80. The Labute approximate surface area is 125 Å². The molecule has 1 N–H and O–H groups in total. The number of halogens is 1. The molecule has 1 saturated carbocycles. The molecule has 104 valence electrons. The van der Waals surface area contributed by atoms with Crippen LogP contribution in [0.25, 0.3) is 0 Å². The zero-order valence-corrected chi connectivity index (χ0v) is 13.6. The highest BCUT2D eigenvalue weighted by atomic mass is 79.9. The van der Waals surface area contributed by atoms with Crippen molar-refractivity contribution in [3.8, 4) is 0 Å². The standard InChI is InChI=1S/C17H24BrN/c1-17(2)8-7-16(11-17)19-15-6-4-12-9-14(18)5-3-13(12)10-15/h3,5,9,15-16,19H,4,6-8,10-11H2,1-2H3. The van der Waals surface area contributed by atoms with Crippen molar-refractivity contribution in [3.05, 3.63) is 33.8 Å². The lowest BCUT2D eigenvalue weighted by Gasteiger charge is -2.29. The van der Waals surface area contributed by atoms with Crippen LogP contribution in [-0.4, -0.2) is 12.1 Å². The van der Waals surface area contributed by atoms with Crippen molar-refractivity contribution in [1.82, 2.24) is 5.32 Å². The lowest BCUT2D eigenvalue weighted by atomic mass is 9.87. The normalized spacial score (nSPS) is 29.2. The van der Waals surface area contributed by atoms with Crippen molar-refractivity contribution in [2.24, 2.45) is 5.41 Å². The molecule has 1 aromatic rings. The van der Waals surface area contributed by atoms with Gasteiger partial charge in [0.2, 0.25) is 0 Å². The minimum Gasteiger partial charge on any atom is -0.311 e. The first-order chi connectivity index (χ1) is 9.02. The molecular weight excluding hydrogens is 298 g/mol. The van der Waals surface area contributed by atoms with Crippen molar-refractivity contribution in [1.29, 1.82) is 0 Å². The molecule has 2 atom stereocenters. The summed E-state index contributed by atoms with van der Waals surface area (Å²) in [5, 5.41) is 3.92. The van der Waals surface area contributed by atoms with E-state index in [1.807, 2.05) is 0 Å². The smallest absolute Gasteiger partial charge is 0.0178 e. The van der Waals surface area contributed by atoms with Crippen LogP contribution in [0.1, 0.15) is 50.7 Å². The van der Waals surface area contributed by atoms with E-state index in [1.165, 1.54) is 43.0 Å². The van der Waals surface area contributed by atoms with Gasteiger partial charge in [0.15, 0.2) is 0 Å². The highest BCUT2D eigenvalue weighted by Crippen LogP contribution is 2.37. The van der Waals surface area contributed by atoms with E-state index in [4.69, 9.17) is 0 Å². The third kappa shape index (κ3) is 3.22. The molecular formula is C17H24BrN. The molecule has 0 saturated heterocycles. The molecule has 3 rings (SSSR count). The van der Waals surface area contributed by atoms with Crippen LogP contribution in [-0.2, 0) is 12.8 Å².